The van der Waals surface area contributed by atoms with Gasteiger partial charge in [-0.25, -0.2) is 0 Å². The van der Waals surface area contributed by atoms with Crippen molar-refractivity contribution in [1.82, 2.24) is 0 Å². The minimum absolute atomic E-state index is 0.194. The highest BCUT2D eigenvalue weighted by Gasteiger charge is 1.71. The summed E-state index contributed by atoms with van der Waals surface area (Å²) in [4.78, 5) is 0. The van der Waals surface area contributed by atoms with Crippen LogP contribution in [0.3, 0.4) is 0 Å². The van der Waals surface area contributed by atoms with E-state index in [1.165, 1.54) is 6.17 Å². The van der Waals surface area contributed by atoms with Crippen LogP contribution in [0.2, 0.25) is 0 Å². The Morgan fingerprint density at radius 2 is 2.43 bits per heavy atom. The van der Waals surface area contributed by atoms with Crippen molar-refractivity contribution < 1.29 is 9.13 Å². The molecule has 0 heterocycles. The van der Waals surface area contributed by atoms with Crippen molar-refractivity contribution in [3.8, 4) is 12.1 Å². The van der Waals surface area contributed by atoms with Crippen molar-refractivity contribution in [2.75, 3.05) is 11.2 Å². The lowest BCUT2D eigenvalue weighted by Gasteiger charge is -1.84. The van der Waals surface area contributed by atoms with Gasteiger partial charge in [-0.1, -0.05) is 22.6 Å². The first-order valence-electron chi connectivity index (χ1n) is 1.64. The molecule has 0 saturated carbocycles. The molecule has 0 rings (SSSR count). The van der Waals surface area contributed by atoms with Crippen LogP contribution >= 0.6 is 22.6 Å². The second kappa shape index (κ2) is 6.18. The fourth-order valence-corrected chi connectivity index (χ4v) is 0.337. The fraction of sp³-hybridized carbons (Fsp3) is 0.500. The molecule has 0 unspecified atom stereocenters. The van der Waals surface area contributed by atoms with Crippen molar-refractivity contribution in [3.05, 3.63) is 0 Å². The fourth-order valence-electron chi connectivity index (χ4n) is 0.117. The van der Waals surface area contributed by atoms with Gasteiger partial charge in [0.25, 0.3) is 0 Å². The summed E-state index contributed by atoms with van der Waals surface area (Å²) in [5, 5.41) is 0. The van der Waals surface area contributed by atoms with Crippen LogP contribution in [-0.2, 0) is 4.74 Å². The lowest BCUT2D eigenvalue weighted by Crippen LogP contribution is -1.84. The van der Waals surface area contributed by atoms with Crippen LogP contribution in [0.15, 0.2) is 0 Å². The van der Waals surface area contributed by atoms with Crippen molar-refractivity contribution in [1.29, 1.82) is 0 Å². The summed E-state index contributed by atoms with van der Waals surface area (Å²) in [5.41, 5.74) is 0. The lowest BCUT2D eigenvalue weighted by molar-refractivity contribution is 0.231. The van der Waals surface area contributed by atoms with Gasteiger partial charge in [-0.3, -0.25) is 0 Å². The number of rotatable bonds is 2. The quantitative estimate of drug-likeness (QED) is 0.291. The first-order valence-corrected chi connectivity index (χ1v) is 3.16. The molecule has 7 heavy (non-hydrogen) atoms. The van der Waals surface area contributed by atoms with Gasteiger partial charge < -0.3 is 4.74 Å². The highest BCUT2D eigenvalue weighted by molar-refractivity contribution is 14.1. The van der Waals surface area contributed by atoms with Crippen LogP contribution in [0.4, 0.5) is 4.39 Å². The minimum atomic E-state index is 0.194. The number of hydrogen-bond donors (Lipinski definition) is 0. The molecule has 0 fully saturated rings. The normalized spacial score (nSPS) is 7.14. The van der Waals surface area contributed by atoms with E-state index < -0.39 is 0 Å². The maximum absolute atomic E-state index is 10.9. The molecule has 40 valence electrons. The van der Waals surface area contributed by atoms with Gasteiger partial charge in [0.15, 0.2) is 0 Å². The van der Waals surface area contributed by atoms with Gasteiger partial charge in [0.1, 0.15) is 12.8 Å². The average Bonchev–Trinajstić information content (AvgIpc) is 1.69. The van der Waals surface area contributed by atoms with Crippen LogP contribution in [0, 0.1) is 12.1 Å². The predicted octanol–water partition coefficient (Wildman–Crippen LogP) is 1.33. The Bertz CT molecular complexity index is 83.4. The van der Waals surface area contributed by atoms with Crippen LogP contribution in [0.1, 0.15) is 0 Å². The maximum atomic E-state index is 10.9. The molecule has 3 heteroatoms. The molecule has 0 amide bonds. The molecule has 0 aromatic rings. The molecule has 0 aromatic carbocycles. The van der Waals surface area contributed by atoms with Crippen molar-refractivity contribution >= 4 is 22.6 Å². The third-order valence-corrected chi connectivity index (χ3v) is 0.759. The summed E-state index contributed by atoms with van der Waals surface area (Å²) < 4.78 is 16.1. The summed E-state index contributed by atoms with van der Waals surface area (Å²) in [6.45, 7) is 0.194. The molecule has 0 aliphatic carbocycles. The van der Waals surface area contributed by atoms with E-state index in [-0.39, 0.29) is 6.61 Å². The molecular weight excluding hydrogens is 210 g/mol. The van der Waals surface area contributed by atoms with Gasteiger partial charge in [0.05, 0.1) is 4.61 Å². The highest BCUT2D eigenvalue weighted by atomic mass is 127. The van der Waals surface area contributed by atoms with Crippen molar-refractivity contribution in [2.24, 2.45) is 0 Å². The molecule has 0 atom stereocenters. The monoisotopic (exact) mass is 214 g/mol. The molecule has 0 spiro atoms. The number of ether oxygens (including phenoxy) is 1. The zero-order valence-corrected chi connectivity index (χ0v) is 5.74. The van der Waals surface area contributed by atoms with Crippen molar-refractivity contribution in [2.45, 2.75) is 0 Å². The number of halogens is 2. The second-order valence-electron chi connectivity index (χ2n) is 0.729. The topological polar surface area (TPSA) is 9.23 Å². The summed E-state index contributed by atoms with van der Waals surface area (Å²) in [6, 6.07) is 0. The zero-order chi connectivity index (χ0) is 5.54. The standard InChI is InChI=1S/C4H4FIO/c5-2-1-3-7-4-6/h3-4H2. The van der Waals surface area contributed by atoms with Crippen LogP contribution in [-0.4, -0.2) is 11.2 Å². The van der Waals surface area contributed by atoms with E-state index in [9.17, 15) is 4.39 Å². The van der Waals surface area contributed by atoms with Crippen molar-refractivity contribution in [3.63, 3.8) is 0 Å². The van der Waals surface area contributed by atoms with Gasteiger partial charge in [0, 0.05) is 0 Å². The summed E-state index contributed by atoms with van der Waals surface area (Å²) in [6.07, 6.45) is 1.22. The highest BCUT2D eigenvalue weighted by Crippen LogP contribution is 1.80. The van der Waals surface area contributed by atoms with E-state index in [4.69, 9.17) is 0 Å². The smallest absolute Gasteiger partial charge is 0.111 e. The van der Waals surface area contributed by atoms with E-state index in [1.54, 1.807) is 0 Å². The van der Waals surface area contributed by atoms with E-state index >= 15 is 0 Å². The van der Waals surface area contributed by atoms with E-state index in [0.717, 1.165) is 0 Å². The van der Waals surface area contributed by atoms with Crippen LogP contribution in [0.5, 0.6) is 0 Å². The first-order chi connectivity index (χ1) is 3.41. The zero-order valence-electron chi connectivity index (χ0n) is 3.58. The Morgan fingerprint density at radius 1 is 1.71 bits per heavy atom. The van der Waals surface area contributed by atoms with E-state index in [0.29, 0.717) is 4.61 Å². The maximum Gasteiger partial charge on any atom is 0.111 e. The molecule has 0 aliphatic rings. The largest absolute Gasteiger partial charge is 0.358 e. The predicted molar refractivity (Wildman–Crippen MR) is 33.7 cm³/mol. The molecular formula is C4H4FIO. The Morgan fingerprint density at radius 3 is 2.86 bits per heavy atom. The molecule has 1 nitrogen and oxygen atoms in total. The molecule has 0 radical (unpaired) electrons. The van der Waals surface area contributed by atoms with Gasteiger partial charge in [-0.15, -0.1) is 4.39 Å². The summed E-state index contributed by atoms with van der Waals surface area (Å²) >= 11 is 2.01. The van der Waals surface area contributed by atoms with Gasteiger partial charge in [-0.2, -0.15) is 0 Å². The average molecular weight is 214 g/mol. The molecule has 0 aliphatic heterocycles. The van der Waals surface area contributed by atoms with Gasteiger partial charge in [-0.05, 0) is 5.92 Å². The lowest BCUT2D eigenvalue weighted by atomic mass is 10.8. The SMILES string of the molecule is FC#CCOCI. The Balaban J connectivity index is 2.78. The number of alkyl halides is 1. The minimum Gasteiger partial charge on any atom is -0.358 e. The second-order valence-corrected chi connectivity index (χ2v) is 1.35. The Kier molecular flexibility index (Phi) is 6.34. The van der Waals surface area contributed by atoms with Crippen LogP contribution < -0.4 is 0 Å². The molecule has 0 saturated heterocycles. The van der Waals surface area contributed by atoms with E-state index in [2.05, 4.69) is 10.7 Å². The molecule has 0 N–H and O–H groups in total. The Labute approximate surface area is 55.4 Å². The van der Waals surface area contributed by atoms with E-state index in [1.807, 2.05) is 22.6 Å². The third-order valence-electron chi connectivity index (χ3n) is 0.318. The summed E-state index contributed by atoms with van der Waals surface area (Å²) in [7, 11) is 0. The Hall–Kier alpha value is 0.180. The molecule has 0 bridgehead atoms. The van der Waals surface area contributed by atoms with Gasteiger partial charge in [0.2, 0.25) is 0 Å². The first kappa shape index (κ1) is 7.18. The molecule has 0 aromatic heterocycles. The number of hydrogen-bond acceptors (Lipinski definition) is 1. The van der Waals surface area contributed by atoms with Gasteiger partial charge >= 0.3 is 0 Å². The van der Waals surface area contributed by atoms with Crippen LogP contribution in [0.25, 0.3) is 0 Å². The summed E-state index contributed by atoms with van der Waals surface area (Å²) in [5.74, 6) is 2.11. The third kappa shape index (κ3) is 6.18.